The van der Waals surface area contributed by atoms with Crippen LogP contribution in [0.1, 0.15) is 27.3 Å². The number of aromatic amines is 1. The van der Waals surface area contributed by atoms with Gasteiger partial charge in [-0.2, -0.15) is 0 Å². The molecule has 6 nitrogen and oxygen atoms in total. The van der Waals surface area contributed by atoms with Crippen LogP contribution < -0.4 is 5.32 Å². The van der Waals surface area contributed by atoms with Crippen molar-refractivity contribution in [2.75, 3.05) is 13.2 Å². The molecule has 3 N–H and O–H groups in total. The van der Waals surface area contributed by atoms with Crippen LogP contribution in [0.25, 0.3) is 10.9 Å². The zero-order valence-corrected chi connectivity index (χ0v) is 14.9. The first kappa shape index (κ1) is 18.1. The van der Waals surface area contributed by atoms with Crippen molar-refractivity contribution in [3.63, 3.8) is 0 Å². The summed E-state index contributed by atoms with van der Waals surface area (Å²) in [4.78, 5) is 32.4. The number of amides is 1. The molecule has 0 aliphatic heterocycles. The fourth-order valence-electron chi connectivity index (χ4n) is 2.81. The van der Waals surface area contributed by atoms with Crippen LogP contribution in [0.3, 0.4) is 0 Å². The van der Waals surface area contributed by atoms with E-state index in [1.165, 1.54) is 0 Å². The Morgan fingerprint density at radius 2 is 2.08 bits per heavy atom. The molecular weight excluding hydrogens is 354 g/mol. The molecule has 1 amide bonds. The van der Waals surface area contributed by atoms with Crippen molar-refractivity contribution in [1.29, 1.82) is 0 Å². The lowest BCUT2D eigenvalue weighted by atomic mass is 10.0. The molecule has 0 atom stereocenters. The molecule has 0 aliphatic rings. The summed E-state index contributed by atoms with van der Waals surface area (Å²) in [6.07, 6.45) is 1.59. The van der Waals surface area contributed by atoms with Crippen molar-refractivity contribution in [3.8, 4) is 0 Å². The summed E-state index contributed by atoms with van der Waals surface area (Å²) in [5, 5.41) is 12.8. The van der Waals surface area contributed by atoms with Crippen molar-refractivity contribution < 1.29 is 14.7 Å². The molecule has 0 bridgehead atoms. The van der Waals surface area contributed by atoms with Crippen molar-refractivity contribution in [2.24, 2.45) is 0 Å². The lowest BCUT2D eigenvalue weighted by Crippen LogP contribution is -2.28. The quantitative estimate of drug-likeness (QED) is 0.580. The molecule has 26 heavy (non-hydrogen) atoms. The van der Waals surface area contributed by atoms with E-state index in [1.807, 2.05) is 13.0 Å². The van der Waals surface area contributed by atoms with Gasteiger partial charge in [0.05, 0.1) is 18.7 Å². The Morgan fingerprint density at radius 1 is 1.27 bits per heavy atom. The number of halogens is 1. The first-order valence-electron chi connectivity index (χ1n) is 8.14. The number of fused-ring (bicyclic) bond motifs is 1. The summed E-state index contributed by atoms with van der Waals surface area (Å²) < 4.78 is 0. The Balaban J connectivity index is 2.06. The number of ketones is 1. The summed E-state index contributed by atoms with van der Waals surface area (Å²) in [6, 6.07) is 8.73. The predicted molar refractivity (Wildman–Crippen MR) is 99.5 cm³/mol. The van der Waals surface area contributed by atoms with Gasteiger partial charge in [0.15, 0.2) is 0 Å². The number of aliphatic hydroxyl groups excluding tert-OH is 1. The van der Waals surface area contributed by atoms with Gasteiger partial charge in [0.25, 0.3) is 0 Å². The molecule has 134 valence electrons. The number of pyridine rings is 1. The summed E-state index contributed by atoms with van der Waals surface area (Å²) in [7, 11) is 0. The van der Waals surface area contributed by atoms with Gasteiger partial charge in [-0.25, -0.2) is 0 Å². The number of hydrogen-bond donors (Lipinski definition) is 3. The molecule has 3 rings (SSSR count). The van der Waals surface area contributed by atoms with Gasteiger partial charge in [0.2, 0.25) is 11.7 Å². The van der Waals surface area contributed by atoms with Gasteiger partial charge in [0.1, 0.15) is 5.69 Å². The number of carbonyl (C=O) groups excluding carboxylic acids is 2. The standard InChI is InChI=1S/C19H18ClN3O3/c1-11-4-5-21-16(8-11)19(26)18-14(10-17(25)22-6-7-24)13-3-2-12(20)9-15(13)23-18/h2-5,8-9,23-24H,6-7,10H2,1H3,(H,22,25). The van der Waals surface area contributed by atoms with Gasteiger partial charge >= 0.3 is 0 Å². The number of aliphatic hydroxyl groups is 1. The van der Waals surface area contributed by atoms with E-state index in [1.54, 1.807) is 30.5 Å². The van der Waals surface area contributed by atoms with Crippen LogP contribution in [0.5, 0.6) is 0 Å². The SMILES string of the molecule is Cc1ccnc(C(=O)c2[nH]c3cc(Cl)ccc3c2CC(=O)NCCO)c1. The highest BCUT2D eigenvalue weighted by Gasteiger charge is 2.22. The summed E-state index contributed by atoms with van der Waals surface area (Å²) in [6.45, 7) is 1.90. The molecule has 0 saturated heterocycles. The summed E-state index contributed by atoms with van der Waals surface area (Å²) in [5.74, 6) is -0.563. The van der Waals surface area contributed by atoms with Crippen molar-refractivity contribution in [1.82, 2.24) is 15.3 Å². The minimum Gasteiger partial charge on any atom is -0.395 e. The Labute approximate surface area is 155 Å². The molecule has 7 heteroatoms. The smallest absolute Gasteiger partial charge is 0.227 e. The minimum atomic E-state index is -0.286. The number of rotatable bonds is 6. The fourth-order valence-corrected chi connectivity index (χ4v) is 2.98. The molecular formula is C19H18ClN3O3. The normalized spacial score (nSPS) is 10.9. The van der Waals surface area contributed by atoms with Gasteiger partial charge in [-0.05, 0) is 42.3 Å². The Hall–Kier alpha value is -2.70. The number of aromatic nitrogens is 2. The first-order valence-corrected chi connectivity index (χ1v) is 8.52. The number of H-pyrrole nitrogens is 1. The van der Waals surface area contributed by atoms with Crippen LogP contribution in [-0.2, 0) is 11.2 Å². The van der Waals surface area contributed by atoms with E-state index in [2.05, 4.69) is 15.3 Å². The molecule has 2 aromatic heterocycles. The molecule has 0 fully saturated rings. The molecule has 0 aliphatic carbocycles. The predicted octanol–water partition coefficient (Wildman–Crippen LogP) is 2.41. The van der Waals surface area contributed by atoms with Crippen molar-refractivity contribution in [2.45, 2.75) is 13.3 Å². The van der Waals surface area contributed by atoms with Gasteiger partial charge in [-0.1, -0.05) is 17.7 Å². The van der Waals surface area contributed by atoms with E-state index in [9.17, 15) is 9.59 Å². The fraction of sp³-hybridized carbons (Fsp3) is 0.211. The number of nitrogens with one attached hydrogen (secondary N) is 2. The Kier molecular flexibility index (Phi) is 5.35. The third-order valence-corrected chi connectivity index (χ3v) is 4.25. The molecule has 1 aromatic carbocycles. The topological polar surface area (TPSA) is 95.1 Å². The number of carbonyl (C=O) groups is 2. The van der Waals surface area contributed by atoms with Crippen LogP contribution in [-0.4, -0.2) is 39.9 Å². The minimum absolute atomic E-state index is 0.00845. The highest BCUT2D eigenvalue weighted by Crippen LogP contribution is 2.27. The average molecular weight is 372 g/mol. The lowest BCUT2D eigenvalue weighted by molar-refractivity contribution is -0.120. The molecule has 0 radical (unpaired) electrons. The van der Waals surface area contributed by atoms with Gasteiger partial charge < -0.3 is 15.4 Å². The number of benzene rings is 1. The number of hydrogen-bond acceptors (Lipinski definition) is 4. The van der Waals surface area contributed by atoms with Gasteiger partial charge in [0, 0.05) is 28.7 Å². The van der Waals surface area contributed by atoms with E-state index in [-0.39, 0.29) is 31.3 Å². The maximum Gasteiger partial charge on any atom is 0.227 e. The average Bonchev–Trinajstić information content (AvgIpc) is 2.96. The second-order valence-electron chi connectivity index (χ2n) is 5.97. The molecule has 2 heterocycles. The Bertz CT molecular complexity index is 981. The zero-order valence-electron chi connectivity index (χ0n) is 14.2. The van der Waals surface area contributed by atoms with Crippen LogP contribution in [0, 0.1) is 6.92 Å². The lowest BCUT2D eigenvalue weighted by Gasteiger charge is -2.06. The third-order valence-electron chi connectivity index (χ3n) is 4.01. The van der Waals surface area contributed by atoms with Gasteiger partial charge in [-0.3, -0.25) is 14.6 Å². The van der Waals surface area contributed by atoms with Crippen LogP contribution in [0.4, 0.5) is 0 Å². The zero-order chi connectivity index (χ0) is 18.7. The maximum atomic E-state index is 13.0. The van der Waals surface area contributed by atoms with E-state index in [0.29, 0.717) is 27.5 Å². The monoisotopic (exact) mass is 371 g/mol. The van der Waals surface area contributed by atoms with Crippen molar-refractivity contribution in [3.05, 3.63) is 64.1 Å². The van der Waals surface area contributed by atoms with E-state index in [0.717, 1.165) is 10.9 Å². The first-order chi connectivity index (χ1) is 12.5. The highest BCUT2D eigenvalue weighted by molar-refractivity contribution is 6.31. The highest BCUT2D eigenvalue weighted by atomic mass is 35.5. The van der Waals surface area contributed by atoms with Crippen LogP contribution in [0.15, 0.2) is 36.5 Å². The number of nitrogens with zero attached hydrogens (tertiary/aromatic N) is 1. The maximum absolute atomic E-state index is 13.0. The van der Waals surface area contributed by atoms with Crippen molar-refractivity contribution >= 4 is 34.2 Å². The summed E-state index contributed by atoms with van der Waals surface area (Å²) in [5.41, 5.74) is 2.81. The molecule has 0 spiro atoms. The van der Waals surface area contributed by atoms with E-state index >= 15 is 0 Å². The van der Waals surface area contributed by atoms with Crippen LogP contribution in [0.2, 0.25) is 5.02 Å². The van der Waals surface area contributed by atoms with Crippen LogP contribution >= 0.6 is 11.6 Å². The van der Waals surface area contributed by atoms with Gasteiger partial charge in [-0.15, -0.1) is 0 Å². The molecule has 0 unspecified atom stereocenters. The van der Waals surface area contributed by atoms with E-state index in [4.69, 9.17) is 16.7 Å². The largest absolute Gasteiger partial charge is 0.395 e. The molecule has 3 aromatic rings. The third kappa shape index (κ3) is 3.76. The summed E-state index contributed by atoms with van der Waals surface area (Å²) >= 11 is 6.05. The van der Waals surface area contributed by atoms with E-state index < -0.39 is 0 Å². The second-order valence-corrected chi connectivity index (χ2v) is 6.40. The number of aryl methyl sites for hydroxylation is 1. The Morgan fingerprint density at radius 3 is 2.81 bits per heavy atom. The second kappa shape index (κ2) is 7.68. The molecule has 0 saturated carbocycles.